The second-order valence-corrected chi connectivity index (χ2v) is 7.42. The number of nitro benzene ring substituents is 1. The van der Waals surface area contributed by atoms with Gasteiger partial charge in [0.1, 0.15) is 0 Å². The molecule has 25 heavy (non-hydrogen) atoms. The molecule has 0 atom stereocenters. The first-order valence-electron chi connectivity index (χ1n) is 7.69. The monoisotopic (exact) mass is 363 g/mol. The van der Waals surface area contributed by atoms with E-state index in [4.69, 9.17) is 0 Å². The van der Waals surface area contributed by atoms with Gasteiger partial charge in [0.05, 0.1) is 10.5 Å². The van der Waals surface area contributed by atoms with Crippen LogP contribution in [0, 0.1) is 10.1 Å². The Morgan fingerprint density at radius 2 is 1.28 bits per heavy atom. The van der Waals surface area contributed by atoms with E-state index in [-0.39, 0.29) is 10.6 Å². The molecule has 0 saturated carbocycles. The molecule has 2 heterocycles. The lowest BCUT2D eigenvalue weighted by atomic mass is 9.99. The van der Waals surface area contributed by atoms with Crippen molar-refractivity contribution in [3.63, 3.8) is 0 Å². The van der Waals surface area contributed by atoms with Crippen LogP contribution in [0.25, 0.3) is 32.0 Å². The zero-order chi connectivity index (χ0) is 17.2. The Bertz CT molecular complexity index is 1000. The average molecular weight is 363 g/mol. The zero-order valence-electron chi connectivity index (χ0n) is 13.1. The summed E-state index contributed by atoms with van der Waals surface area (Å²) in [6.45, 7) is 0. The van der Waals surface area contributed by atoms with Crippen LogP contribution in [0.5, 0.6) is 0 Å². The second kappa shape index (κ2) is 6.63. The summed E-state index contributed by atoms with van der Waals surface area (Å²) in [5.74, 6) is 0. The third-order valence-corrected chi connectivity index (χ3v) is 5.84. The minimum absolute atomic E-state index is 0.134. The molecule has 0 aliphatic heterocycles. The van der Waals surface area contributed by atoms with Gasteiger partial charge in [-0.2, -0.15) is 0 Å². The van der Waals surface area contributed by atoms with Crippen LogP contribution in [0.3, 0.4) is 0 Å². The van der Waals surface area contributed by atoms with Crippen LogP contribution in [-0.4, -0.2) is 4.92 Å². The minimum atomic E-state index is -0.306. The Labute approximate surface area is 153 Å². The van der Waals surface area contributed by atoms with Crippen molar-refractivity contribution in [3.8, 4) is 32.0 Å². The van der Waals surface area contributed by atoms with E-state index in [9.17, 15) is 10.1 Å². The molecule has 2 aromatic heterocycles. The molecule has 0 N–H and O–H groups in total. The van der Waals surface area contributed by atoms with E-state index in [1.54, 1.807) is 28.7 Å². The van der Waals surface area contributed by atoms with Gasteiger partial charge >= 0.3 is 0 Å². The van der Waals surface area contributed by atoms with Crippen molar-refractivity contribution in [2.24, 2.45) is 0 Å². The zero-order valence-corrected chi connectivity index (χ0v) is 14.7. The maximum absolute atomic E-state index is 11.6. The fraction of sp³-hybridized carbons (Fsp3) is 0. The lowest BCUT2D eigenvalue weighted by Crippen LogP contribution is -1.92. The Morgan fingerprint density at radius 3 is 1.84 bits per heavy atom. The first kappa shape index (κ1) is 15.7. The molecule has 0 unspecified atom stereocenters. The van der Waals surface area contributed by atoms with Gasteiger partial charge in [-0.1, -0.05) is 42.5 Å². The molecule has 4 aromatic rings. The van der Waals surface area contributed by atoms with Crippen LogP contribution in [0.2, 0.25) is 0 Å². The number of hydrogen-bond acceptors (Lipinski definition) is 4. The number of thiophene rings is 2. The molecule has 3 nitrogen and oxygen atoms in total. The molecule has 0 aliphatic rings. The van der Waals surface area contributed by atoms with Crippen LogP contribution in [-0.2, 0) is 0 Å². The normalized spacial score (nSPS) is 10.7. The van der Waals surface area contributed by atoms with Crippen LogP contribution < -0.4 is 0 Å². The van der Waals surface area contributed by atoms with Crippen molar-refractivity contribution in [1.82, 2.24) is 0 Å². The quantitative estimate of drug-likeness (QED) is 0.298. The Kier molecular flexibility index (Phi) is 4.17. The van der Waals surface area contributed by atoms with E-state index < -0.39 is 0 Å². The summed E-state index contributed by atoms with van der Waals surface area (Å²) in [5.41, 5.74) is 3.62. The van der Waals surface area contributed by atoms with E-state index >= 15 is 0 Å². The lowest BCUT2D eigenvalue weighted by molar-refractivity contribution is -0.384. The topological polar surface area (TPSA) is 43.1 Å². The maximum atomic E-state index is 11.6. The largest absolute Gasteiger partial charge is 0.277 e. The first-order valence-corrected chi connectivity index (χ1v) is 9.45. The predicted molar refractivity (Wildman–Crippen MR) is 105 cm³/mol. The van der Waals surface area contributed by atoms with Gasteiger partial charge in [-0.15, -0.1) is 22.7 Å². The van der Waals surface area contributed by atoms with Crippen LogP contribution in [0.4, 0.5) is 5.69 Å². The standard InChI is InChI=1S/C20H13NO2S2/c22-21(23)18-13-16(20-4-2-12-25-20)9-10-17(18)14-5-7-15(8-6-14)19-3-1-11-24-19/h1-13H. The number of nitro groups is 1. The number of benzene rings is 2. The molecule has 5 heteroatoms. The van der Waals surface area contributed by atoms with Crippen LogP contribution >= 0.6 is 22.7 Å². The SMILES string of the molecule is O=[N+]([O-])c1cc(-c2cccs2)ccc1-c1ccc(-c2cccs2)cc1. The fourth-order valence-corrected chi connectivity index (χ4v) is 4.24. The summed E-state index contributed by atoms with van der Waals surface area (Å²) in [5, 5.41) is 15.6. The minimum Gasteiger partial charge on any atom is -0.258 e. The number of nitrogens with zero attached hydrogens (tertiary/aromatic N) is 1. The maximum Gasteiger partial charge on any atom is 0.277 e. The number of rotatable bonds is 4. The van der Waals surface area contributed by atoms with Crippen molar-refractivity contribution >= 4 is 28.4 Å². The highest BCUT2D eigenvalue weighted by atomic mass is 32.1. The number of hydrogen-bond donors (Lipinski definition) is 0. The van der Waals surface area contributed by atoms with Crippen molar-refractivity contribution in [1.29, 1.82) is 0 Å². The first-order chi connectivity index (χ1) is 12.2. The van der Waals surface area contributed by atoms with Gasteiger partial charge in [-0.3, -0.25) is 10.1 Å². The van der Waals surface area contributed by atoms with Crippen LogP contribution in [0.1, 0.15) is 0 Å². The van der Waals surface area contributed by atoms with E-state index in [0.29, 0.717) is 5.56 Å². The molecule has 0 fully saturated rings. The fourth-order valence-electron chi connectivity index (χ4n) is 2.78. The van der Waals surface area contributed by atoms with Crippen molar-refractivity contribution in [3.05, 3.63) is 87.6 Å². The summed E-state index contributed by atoms with van der Waals surface area (Å²) in [6.07, 6.45) is 0. The Balaban J connectivity index is 1.75. The summed E-state index contributed by atoms with van der Waals surface area (Å²) in [6, 6.07) is 21.4. The van der Waals surface area contributed by atoms with E-state index in [2.05, 4.69) is 6.07 Å². The van der Waals surface area contributed by atoms with Gasteiger partial charge in [0.15, 0.2) is 0 Å². The smallest absolute Gasteiger partial charge is 0.258 e. The van der Waals surface area contributed by atoms with E-state index in [1.165, 1.54) is 4.88 Å². The molecular weight excluding hydrogens is 350 g/mol. The predicted octanol–water partition coefficient (Wildman–Crippen LogP) is 6.72. The molecule has 0 radical (unpaired) electrons. The van der Waals surface area contributed by atoms with Crippen molar-refractivity contribution in [2.45, 2.75) is 0 Å². The molecule has 0 bridgehead atoms. The van der Waals surface area contributed by atoms with E-state index in [1.807, 2.05) is 65.4 Å². The Morgan fingerprint density at radius 1 is 0.720 bits per heavy atom. The molecule has 2 aromatic carbocycles. The molecule has 0 aliphatic carbocycles. The van der Waals surface area contributed by atoms with E-state index in [0.717, 1.165) is 21.6 Å². The Hall–Kier alpha value is -2.76. The van der Waals surface area contributed by atoms with Crippen molar-refractivity contribution in [2.75, 3.05) is 0 Å². The van der Waals surface area contributed by atoms with Gasteiger partial charge in [0.2, 0.25) is 0 Å². The third kappa shape index (κ3) is 3.12. The highest BCUT2D eigenvalue weighted by Crippen LogP contribution is 2.36. The summed E-state index contributed by atoms with van der Waals surface area (Å²) < 4.78 is 0. The van der Waals surface area contributed by atoms with Crippen LogP contribution in [0.15, 0.2) is 77.5 Å². The summed E-state index contributed by atoms with van der Waals surface area (Å²) >= 11 is 3.26. The molecular formula is C20H13NO2S2. The molecule has 0 saturated heterocycles. The highest BCUT2D eigenvalue weighted by Gasteiger charge is 2.17. The summed E-state index contributed by atoms with van der Waals surface area (Å²) in [7, 11) is 0. The molecule has 0 spiro atoms. The highest BCUT2D eigenvalue weighted by molar-refractivity contribution is 7.13. The lowest BCUT2D eigenvalue weighted by Gasteiger charge is -2.07. The van der Waals surface area contributed by atoms with Gasteiger partial charge in [-0.25, -0.2) is 0 Å². The van der Waals surface area contributed by atoms with Gasteiger partial charge in [-0.05, 0) is 45.6 Å². The second-order valence-electron chi connectivity index (χ2n) is 5.52. The molecule has 0 amide bonds. The average Bonchev–Trinajstić information content (AvgIpc) is 3.35. The van der Waals surface area contributed by atoms with Gasteiger partial charge in [0, 0.05) is 15.8 Å². The summed E-state index contributed by atoms with van der Waals surface area (Å²) in [4.78, 5) is 13.5. The van der Waals surface area contributed by atoms with Gasteiger partial charge in [0.25, 0.3) is 5.69 Å². The van der Waals surface area contributed by atoms with Crippen molar-refractivity contribution < 1.29 is 4.92 Å². The molecule has 4 rings (SSSR count). The van der Waals surface area contributed by atoms with Gasteiger partial charge < -0.3 is 0 Å². The third-order valence-electron chi connectivity index (χ3n) is 4.00. The molecule has 122 valence electrons.